The molecular formula is C14H27N3. The fourth-order valence-corrected chi connectivity index (χ4v) is 2.61. The Morgan fingerprint density at radius 3 is 2.59 bits per heavy atom. The van der Waals surface area contributed by atoms with E-state index in [9.17, 15) is 0 Å². The average molecular weight is 237 g/mol. The summed E-state index contributed by atoms with van der Waals surface area (Å²) in [6.45, 7) is 12.4. The van der Waals surface area contributed by atoms with E-state index in [1.165, 1.54) is 6.42 Å². The Balaban J connectivity index is 2.63. The summed E-state index contributed by atoms with van der Waals surface area (Å²) in [6.07, 6.45) is 1.89. The molecule has 98 valence electrons. The molecule has 0 aromatic heterocycles. The maximum Gasteiger partial charge on any atom is 0.0638 e. The van der Waals surface area contributed by atoms with E-state index in [2.05, 4.69) is 50.6 Å². The summed E-state index contributed by atoms with van der Waals surface area (Å²) in [5.74, 6) is 0.750. The molecule has 0 aromatic rings. The minimum atomic E-state index is 0.232. The van der Waals surface area contributed by atoms with Gasteiger partial charge in [0.2, 0.25) is 0 Å². The molecule has 0 amide bonds. The molecule has 3 nitrogen and oxygen atoms in total. The number of piperazine rings is 1. The van der Waals surface area contributed by atoms with Crippen LogP contribution in [0.1, 0.15) is 40.5 Å². The van der Waals surface area contributed by atoms with Gasteiger partial charge >= 0.3 is 0 Å². The van der Waals surface area contributed by atoms with Crippen LogP contribution in [-0.4, -0.2) is 48.1 Å². The van der Waals surface area contributed by atoms with E-state index in [1.54, 1.807) is 0 Å². The molecule has 0 saturated carbocycles. The van der Waals surface area contributed by atoms with Crippen LogP contribution in [0.3, 0.4) is 0 Å². The molecule has 0 bridgehead atoms. The maximum atomic E-state index is 8.88. The smallest absolute Gasteiger partial charge is 0.0638 e. The summed E-state index contributed by atoms with van der Waals surface area (Å²) in [6, 6.07) is 2.72. The monoisotopic (exact) mass is 237 g/mol. The van der Waals surface area contributed by atoms with E-state index >= 15 is 0 Å². The van der Waals surface area contributed by atoms with Crippen molar-refractivity contribution in [3.05, 3.63) is 0 Å². The van der Waals surface area contributed by atoms with Gasteiger partial charge in [-0.25, -0.2) is 0 Å². The minimum absolute atomic E-state index is 0.232. The predicted molar refractivity (Wildman–Crippen MR) is 71.8 cm³/mol. The highest BCUT2D eigenvalue weighted by Crippen LogP contribution is 2.25. The number of nitrogens with zero attached hydrogens (tertiary/aromatic N) is 3. The van der Waals surface area contributed by atoms with Gasteiger partial charge < -0.3 is 0 Å². The van der Waals surface area contributed by atoms with Crippen LogP contribution in [0.25, 0.3) is 0 Å². The lowest BCUT2D eigenvalue weighted by Gasteiger charge is -2.50. The van der Waals surface area contributed by atoms with Crippen LogP contribution in [0, 0.1) is 17.2 Å². The van der Waals surface area contributed by atoms with Gasteiger partial charge in [0.25, 0.3) is 0 Å². The molecule has 1 aliphatic rings. The van der Waals surface area contributed by atoms with Crippen LogP contribution in [0.2, 0.25) is 0 Å². The second-order valence-electron chi connectivity index (χ2n) is 6.37. The van der Waals surface area contributed by atoms with Gasteiger partial charge in [0.05, 0.1) is 12.5 Å². The van der Waals surface area contributed by atoms with Crippen molar-refractivity contribution in [1.29, 1.82) is 5.26 Å². The fourth-order valence-electron chi connectivity index (χ4n) is 2.61. The van der Waals surface area contributed by atoms with Crippen molar-refractivity contribution >= 4 is 0 Å². The minimum Gasteiger partial charge on any atom is -0.299 e. The Labute approximate surface area is 106 Å². The SMILES string of the molecule is CC(C)CCN1CC(CC#N)N(C)CC1(C)C. The first-order chi connectivity index (χ1) is 7.86. The van der Waals surface area contributed by atoms with Gasteiger partial charge in [0, 0.05) is 24.7 Å². The molecule has 1 aliphatic heterocycles. The molecule has 17 heavy (non-hydrogen) atoms. The third kappa shape index (κ3) is 3.97. The molecule has 1 heterocycles. The van der Waals surface area contributed by atoms with Crippen molar-refractivity contribution in [2.24, 2.45) is 5.92 Å². The molecule has 1 rings (SSSR count). The van der Waals surface area contributed by atoms with Gasteiger partial charge in [-0.05, 0) is 39.8 Å². The molecule has 0 aliphatic carbocycles. The largest absolute Gasteiger partial charge is 0.299 e. The highest BCUT2D eigenvalue weighted by molar-refractivity contribution is 4.96. The molecule has 0 radical (unpaired) electrons. The van der Waals surface area contributed by atoms with Crippen LogP contribution in [0.5, 0.6) is 0 Å². The molecule has 0 aromatic carbocycles. The van der Waals surface area contributed by atoms with Crippen LogP contribution in [-0.2, 0) is 0 Å². The first-order valence-electron chi connectivity index (χ1n) is 6.69. The first-order valence-corrected chi connectivity index (χ1v) is 6.69. The predicted octanol–water partition coefficient (Wildman–Crippen LogP) is 2.34. The van der Waals surface area contributed by atoms with Gasteiger partial charge in [-0.3, -0.25) is 9.80 Å². The maximum absolute atomic E-state index is 8.88. The topological polar surface area (TPSA) is 30.3 Å². The Bertz CT molecular complexity index is 278. The summed E-state index contributed by atoms with van der Waals surface area (Å²) in [4.78, 5) is 4.91. The summed E-state index contributed by atoms with van der Waals surface area (Å²) in [5.41, 5.74) is 0.232. The van der Waals surface area contributed by atoms with Gasteiger partial charge in [0.1, 0.15) is 0 Å². The van der Waals surface area contributed by atoms with E-state index in [1.807, 2.05) is 0 Å². The lowest BCUT2D eigenvalue weighted by molar-refractivity contribution is -0.00566. The summed E-state index contributed by atoms with van der Waals surface area (Å²) < 4.78 is 0. The van der Waals surface area contributed by atoms with E-state index < -0.39 is 0 Å². The highest BCUT2D eigenvalue weighted by Gasteiger charge is 2.36. The zero-order chi connectivity index (χ0) is 13.1. The Hall–Kier alpha value is -0.590. The molecule has 1 fully saturated rings. The Morgan fingerprint density at radius 1 is 1.41 bits per heavy atom. The number of hydrogen-bond acceptors (Lipinski definition) is 3. The van der Waals surface area contributed by atoms with E-state index in [4.69, 9.17) is 5.26 Å². The summed E-state index contributed by atoms with van der Waals surface area (Å²) in [7, 11) is 2.14. The van der Waals surface area contributed by atoms with Gasteiger partial charge in [-0.2, -0.15) is 5.26 Å². The standard InChI is InChI=1S/C14H27N3/c1-12(2)7-9-17-10-13(6-8-15)16(5)11-14(17,3)4/h12-13H,6-7,9-11H2,1-5H3. The zero-order valence-electron chi connectivity index (χ0n) is 12.0. The molecule has 1 unspecified atom stereocenters. The highest BCUT2D eigenvalue weighted by atomic mass is 15.3. The zero-order valence-corrected chi connectivity index (χ0v) is 12.0. The lowest BCUT2D eigenvalue weighted by atomic mass is 9.94. The normalized spacial score (nSPS) is 26.1. The molecule has 1 saturated heterocycles. The van der Waals surface area contributed by atoms with Crippen molar-refractivity contribution in [3.8, 4) is 6.07 Å². The van der Waals surface area contributed by atoms with Crippen LogP contribution in [0.4, 0.5) is 0 Å². The molecule has 0 spiro atoms. The van der Waals surface area contributed by atoms with Crippen molar-refractivity contribution in [1.82, 2.24) is 9.80 Å². The third-order valence-corrected chi connectivity index (χ3v) is 3.85. The Kier molecular flexibility index (Phi) is 4.97. The quantitative estimate of drug-likeness (QED) is 0.752. The second-order valence-corrected chi connectivity index (χ2v) is 6.37. The van der Waals surface area contributed by atoms with E-state index in [-0.39, 0.29) is 5.54 Å². The Morgan fingerprint density at radius 2 is 2.06 bits per heavy atom. The average Bonchev–Trinajstić information content (AvgIpc) is 2.19. The first kappa shape index (κ1) is 14.5. The number of hydrogen-bond donors (Lipinski definition) is 0. The summed E-state index contributed by atoms with van der Waals surface area (Å²) in [5, 5.41) is 8.88. The van der Waals surface area contributed by atoms with Crippen molar-refractivity contribution < 1.29 is 0 Å². The lowest BCUT2D eigenvalue weighted by Crippen LogP contribution is -2.62. The van der Waals surface area contributed by atoms with Gasteiger partial charge in [-0.15, -0.1) is 0 Å². The molecule has 1 atom stereocenters. The van der Waals surface area contributed by atoms with Crippen LogP contribution >= 0.6 is 0 Å². The second kappa shape index (κ2) is 5.84. The van der Waals surface area contributed by atoms with E-state index in [0.29, 0.717) is 12.5 Å². The number of rotatable bonds is 4. The number of nitriles is 1. The van der Waals surface area contributed by atoms with Gasteiger partial charge in [0.15, 0.2) is 0 Å². The number of likely N-dealkylation sites (N-methyl/N-ethyl adjacent to an activating group) is 1. The molecule has 0 N–H and O–H groups in total. The van der Waals surface area contributed by atoms with Crippen LogP contribution in [0.15, 0.2) is 0 Å². The fraction of sp³-hybridized carbons (Fsp3) is 0.929. The van der Waals surface area contributed by atoms with Crippen molar-refractivity contribution in [2.75, 3.05) is 26.7 Å². The molecular weight excluding hydrogens is 210 g/mol. The third-order valence-electron chi connectivity index (χ3n) is 3.85. The molecule has 3 heteroatoms. The van der Waals surface area contributed by atoms with E-state index in [0.717, 1.165) is 25.6 Å². The van der Waals surface area contributed by atoms with Crippen LogP contribution < -0.4 is 0 Å². The summed E-state index contributed by atoms with van der Waals surface area (Å²) >= 11 is 0. The van der Waals surface area contributed by atoms with Gasteiger partial charge in [-0.1, -0.05) is 13.8 Å². The van der Waals surface area contributed by atoms with Crippen molar-refractivity contribution in [3.63, 3.8) is 0 Å². The van der Waals surface area contributed by atoms with Crippen molar-refractivity contribution in [2.45, 2.75) is 52.1 Å².